The summed E-state index contributed by atoms with van der Waals surface area (Å²) in [6.07, 6.45) is 1.74. The smallest absolute Gasteiger partial charge is 0.148 e. The Labute approximate surface area is 107 Å². The lowest BCUT2D eigenvalue weighted by atomic mass is 10.1. The molecule has 18 heavy (non-hydrogen) atoms. The van der Waals surface area contributed by atoms with Gasteiger partial charge in [-0.1, -0.05) is 17.7 Å². The number of nitrogens with zero attached hydrogens (tertiary/aromatic N) is 3. The van der Waals surface area contributed by atoms with E-state index in [4.69, 9.17) is 16.9 Å². The number of aromatic nitrogens is 2. The molecular formula is C13H7ClFN3. The SMILES string of the molecule is Cc1c(F)c(Cl)c2c(nc3ccccn32)c1C#N. The third kappa shape index (κ3) is 1.25. The molecule has 0 amide bonds. The summed E-state index contributed by atoms with van der Waals surface area (Å²) in [6, 6.07) is 7.40. The van der Waals surface area contributed by atoms with Crippen molar-refractivity contribution in [2.45, 2.75) is 6.92 Å². The molecule has 3 nitrogen and oxygen atoms in total. The molecule has 0 aliphatic rings. The van der Waals surface area contributed by atoms with Crippen LogP contribution in [0.2, 0.25) is 5.02 Å². The minimum atomic E-state index is -0.564. The average Bonchev–Trinajstić information content (AvgIpc) is 2.76. The highest BCUT2D eigenvalue weighted by molar-refractivity contribution is 6.35. The van der Waals surface area contributed by atoms with Gasteiger partial charge in [0.1, 0.15) is 28.1 Å². The molecule has 1 aromatic carbocycles. The van der Waals surface area contributed by atoms with Crippen molar-refractivity contribution in [3.63, 3.8) is 0 Å². The van der Waals surface area contributed by atoms with Crippen molar-refractivity contribution in [1.29, 1.82) is 5.26 Å². The maximum absolute atomic E-state index is 14.0. The van der Waals surface area contributed by atoms with E-state index in [0.717, 1.165) is 0 Å². The number of rotatable bonds is 0. The summed E-state index contributed by atoms with van der Waals surface area (Å²) in [4.78, 5) is 4.34. The molecule has 0 bridgehead atoms. The first kappa shape index (κ1) is 11.0. The molecule has 5 heteroatoms. The molecule has 0 radical (unpaired) electrons. The Hall–Kier alpha value is -2.12. The topological polar surface area (TPSA) is 41.1 Å². The summed E-state index contributed by atoms with van der Waals surface area (Å²) < 4.78 is 15.7. The van der Waals surface area contributed by atoms with E-state index in [1.165, 1.54) is 6.92 Å². The lowest BCUT2D eigenvalue weighted by Gasteiger charge is -2.04. The Kier molecular flexibility index (Phi) is 2.25. The summed E-state index contributed by atoms with van der Waals surface area (Å²) in [6.45, 7) is 1.53. The highest BCUT2D eigenvalue weighted by atomic mass is 35.5. The molecule has 0 saturated heterocycles. The predicted molar refractivity (Wildman–Crippen MR) is 67.1 cm³/mol. The van der Waals surface area contributed by atoms with Crippen LogP contribution in [0, 0.1) is 24.1 Å². The second-order valence-electron chi connectivity index (χ2n) is 3.98. The van der Waals surface area contributed by atoms with E-state index in [9.17, 15) is 4.39 Å². The van der Waals surface area contributed by atoms with E-state index in [-0.39, 0.29) is 16.1 Å². The van der Waals surface area contributed by atoms with Crippen LogP contribution < -0.4 is 0 Å². The number of benzene rings is 1. The van der Waals surface area contributed by atoms with Gasteiger partial charge in [-0.2, -0.15) is 5.26 Å². The van der Waals surface area contributed by atoms with Crippen LogP contribution in [0.15, 0.2) is 24.4 Å². The molecule has 88 valence electrons. The molecule has 0 saturated carbocycles. The van der Waals surface area contributed by atoms with Gasteiger partial charge in [0.25, 0.3) is 0 Å². The van der Waals surface area contributed by atoms with Gasteiger partial charge in [-0.25, -0.2) is 9.37 Å². The van der Waals surface area contributed by atoms with Crippen LogP contribution in [0.5, 0.6) is 0 Å². The zero-order chi connectivity index (χ0) is 12.9. The Balaban J connectivity index is 2.69. The van der Waals surface area contributed by atoms with Gasteiger partial charge in [-0.3, -0.25) is 4.40 Å². The third-order valence-corrected chi connectivity index (χ3v) is 3.33. The molecular weight excluding hydrogens is 253 g/mol. The number of hydrogen-bond donors (Lipinski definition) is 0. The zero-order valence-corrected chi connectivity index (χ0v) is 10.2. The van der Waals surface area contributed by atoms with Crippen LogP contribution in [0.1, 0.15) is 11.1 Å². The van der Waals surface area contributed by atoms with Crippen LogP contribution in [-0.4, -0.2) is 9.38 Å². The van der Waals surface area contributed by atoms with E-state index in [0.29, 0.717) is 16.7 Å². The number of imidazole rings is 1. The van der Waals surface area contributed by atoms with Crippen LogP contribution in [0.4, 0.5) is 4.39 Å². The summed E-state index contributed by atoms with van der Waals surface area (Å²) in [7, 11) is 0. The highest BCUT2D eigenvalue weighted by Gasteiger charge is 2.19. The normalized spacial score (nSPS) is 11.0. The number of nitriles is 1. The predicted octanol–water partition coefficient (Wildman–Crippen LogP) is 3.46. The Morgan fingerprint density at radius 3 is 2.94 bits per heavy atom. The van der Waals surface area contributed by atoms with E-state index in [1.54, 1.807) is 22.7 Å². The van der Waals surface area contributed by atoms with Gasteiger partial charge in [0.05, 0.1) is 11.1 Å². The molecule has 0 aliphatic carbocycles. The van der Waals surface area contributed by atoms with Crippen molar-refractivity contribution in [2.75, 3.05) is 0 Å². The maximum Gasteiger partial charge on any atom is 0.148 e. The van der Waals surface area contributed by atoms with Crippen molar-refractivity contribution >= 4 is 28.3 Å². The second kappa shape index (κ2) is 3.69. The lowest BCUT2D eigenvalue weighted by Crippen LogP contribution is -1.94. The summed E-state index contributed by atoms with van der Waals surface area (Å²) in [5.74, 6) is -0.564. The Morgan fingerprint density at radius 1 is 1.44 bits per heavy atom. The van der Waals surface area contributed by atoms with Crippen LogP contribution >= 0.6 is 11.6 Å². The molecule has 0 spiro atoms. The quantitative estimate of drug-likeness (QED) is 0.620. The summed E-state index contributed by atoms with van der Waals surface area (Å²) in [5, 5.41) is 9.15. The van der Waals surface area contributed by atoms with Gasteiger partial charge in [0.2, 0.25) is 0 Å². The monoisotopic (exact) mass is 259 g/mol. The van der Waals surface area contributed by atoms with Crippen molar-refractivity contribution in [1.82, 2.24) is 9.38 Å². The van der Waals surface area contributed by atoms with Crippen LogP contribution in [-0.2, 0) is 0 Å². The minimum absolute atomic E-state index is 0.000185. The number of pyridine rings is 1. The lowest BCUT2D eigenvalue weighted by molar-refractivity contribution is 0.620. The van der Waals surface area contributed by atoms with Gasteiger partial charge in [-0.15, -0.1) is 0 Å². The van der Waals surface area contributed by atoms with Crippen molar-refractivity contribution in [3.05, 3.63) is 46.4 Å². The molecule has 3 aromatic rings. The van der Waals surface area contributed by atoms with Gasteiger partial charge < -0.3 is 0 Å². The van der Waals surface area contributed by atoms with Crippen molar-refractivity contribution < 1.29 is 4.39 Å². The molecule has 0 N–H and O–H groups in total. The molecule has 0 atom stereocenters. The van der Waals surface area contributed by atoms with Crippen LogP contribution in [0.25, 0.3) is 16.7 Å². The van der Waals surface area contributed by atoms with E-state index in [1.807, 2.05) is 12.1 Å². The van der Waals surface area contributed by atoms with Crippen molar-refractivity contribution in [2.24, 2.45) is 0 Å². The first-order chi connectivity index (χ1) is 8.65. The van der Waals surface area contributed by atoms with Gasteiger partial charge in [0.15, 0.2) is 0 Å². The third-order valence-electron chi connectivity index (χ3n) is 2.98. The average molecular weight is 260 g/mol. The van der Waals surface area contributed by atoms with E-state index in [2.05, 4.69) is 4.98 Å². The second-order valence-corrected chi connectivity index (χ2v) is 4.36. The fraction of sp³-hybridized carbons (Fsp3) is 0.0769. The fourth-order valence-corrected chi connectivity index (χ4v) is 2.39. The van der Waals surface area contributed by atoms with E-state index >= 15 is 0 Å². The standard InChI is InChI=1S/C13H7ClFN3/c1-7-8(6-16)12-13(10(14)11(7)15)18-5-3-2-4-9(18)17-12/h2-5H,1H3. The molecule has 0 fully saturated rings. The minimum Gasteiger partial charge on any atom is -0.298 e. The fourth-order valence-electron chi connectivity index (χ4n) is 2.07. The molecule has 3 rings (SSSR count). The van der Waals surface area contributed by atoms with Crippen molar-refractivity contribution in [3.8, 4) is 6.07 Å². The molecule has 0 unspecified atom stereocenters. The number of halogens is 2. The first-order valence-electron chi connectivity index (χ1n) is 5.29. The maximum atomic E-state index is 14.0. The largest absolute Gasteiger partial charge is 0.298 e. The van der Waals surface area contributed by atoms with E-state index < -0.39 is 5.82 Å². The molecule has 0 aliphatic heterocycles. The Morgan fingerprint density at radius 2 is 2.22 bits per heavy atom. The number of hydrogen-bond acceptors (Lipinski definition) is 2. The Bertz CT molecular complexity index is 830. The number of fused-ring (bicyclic) bond motifs is 3. The molecule has 2 heterocycles. The van der Waals surface area contributed by atoms with Gasteiger partial charge >= 0.3 is 0 Å². The highest BCUT2D eigenvalue weighted by Crippen LogP contribution is 2.32. The van der Waals surface area contributed by atoms with Crippen LogP contribution in [0.3, 0.4) is 0 Å². The summed E-state index contributed by atoms with van der Waals surface area (Å²) in [5.41, 5.74) is 1.98. The van der Waals surface area contributed by atoms with Gasteiger partial charge in [0, 0.05) is 11.8 Å². The van der Waals surface area contributed by atoms with Gasteiger partial charge in [-0.05, 0) is 19.1 Å². The molecule has 2 aromatic heterocycles. The first-order valence-corrected chi connectivity index (χ1v) is 5.67. The zero-order valence-electron chi connectivity index (χ0n) is 9.41. The summed E-state index contributed by atoms with van der Waals surface area (Å²) >= 11 is 6.04.